The van der Waals surface area contributed by atoms with Gasteiger partial charge in [-0.2, -0.15) is 0 Å². The number of likely N-dealkylation sites (N-methyl/N-ethyl adjacent to an activating group) is 1. The van der Waals surface area contributed by atoms with Gasteiger partial charge in [0.1, 0.15) is 12.6 Å². The Bertz CT molecular complexity index is 1100. The van der Waals surface area contributed by atoms with E-state index in [1.54, 1.807) is 44.2 Å². The molecule has 0 aromatic heterocycles. The van der Waals surface area contributed by atoms with E-state index in [4.69, 9.17) is 34.8 Å². The Hall–Kier alpha value is -2.00. The number of sulfonamides is 1. The van der Waals surface area contributed by atoms with Crippen LogP contribution in [0, 0.1) is 0 Å². The van der Waals surface area contributed by atoms with E-state index in [-0.39, 0.29) is 18.1 Å². The van der Waals surface area contributed by atoms with Crippen molar-refractivity contribution in [3.8, 4) is 0 Å². The zero-order valence-corrected chi connectivity index (χ0v) is 20.9. The van der Waals surface area contributed by atoms with Crippen LogP contribution in [-0.4, -0.2) is 50.5 Å². The molecule has 0 aliphatic heterocycles. The van der Waals surface area contributed by atoms with E-state index in [0.717, 1.165) is 10.6 Å². The third-order valence-electron chi connectivity index (χ3n) is 4.63. The van der Waals surface area contributed by atoms with Crippen LogP contribution in [-0.2, 0) is 26.2 Å². The molecule has 174 valence electrons. The van der Waals surface area contributed by atoms with Gasteiger partial charge in [-0.05, 0) is 49.7 Å². The molecule has 0 bridgehead atoms. The van der Waals surface area contributed by atoms with Gasteiger partial charge in [-0.25, -0.2) is 8.42 Å². The molecular formula is C21H24Cl3N3O4S. The van der Waals surface area contributed by atoms with Crippen molar-refractivity contribution in [1.29, 1.82) is 0 Å². The lowest BCUT2D eigenvalue weighted by molar-refractivity contribution is -0.139. The Kier molecular flexibility index (Phi) is 9.21. The Balaban J connectivity index is 2.40. The Morgan fingerprint density at radius 3 is 2.31 bits per heavy atom. The van der Waals surface area contributed by atoms with Gasteiger partial charge in [-0.1, -0.05) is 46.9 Å². The van der Waals surface area contributed by atoms with Gasteiger partial charge in [-0.15, -0.1) is 0 Å². The third-order valence-corrected chi connectivity index (χ3v) is 6.75. The number of hydrogen-bond acceptors (Lipinski definition) is 4. The van der Waals surface area contributed by atoms with E-state index >= 15 is 0 Å². The van der Waals surface area contributed by atoms with Crippen LogP contribution in [0.5, 0.6) is 0 Å². The molecule has 0 aliphatic rings. The highest BCUT2D eigenvalue weighted by Crippen LogP contribution is 2.25. The number of carbonyl (C=O) groups excluding carboxylic acids is 2. The summed E-state index contributed by atoms with van der Waals surface area (Å²) in [4.78, 5) is 27.1. The molecule has 11 heteroatoms. The number of benzene rings is 2. The maximum absolute atomic E-state index is 13.3. The molecule has 0 radical (unpaired) electrons. The van der Waals surface area contributed by atoms with Gasteiger partial charge in [-0.3, -0.25) is 13.9 Å². The van der Waals surface area contributed by atoms with Crippen LogP contribution >= 0.6 is 34.8 Å². The minimum Gasteiger partial charge on any atom is -0.355 e. The highest BCUT2D eigenvalue weighted by Gasteiger charge is 2.30. The fourth-order valence-corrected chi connectivity index (χ4v) is 4.33. The summed E-state index contributed by atoms with van der Waals surface area (Å²) in [5.41, 5.74) is 0.881. The molecule has 0 spiro atoms. The molecule has 0 saturated heterocycles. The van der Waals surface area contributed by atoms with Crippen molar-refractivity contribution >= 4 is 62.3 Å². The molecule has 7 nitrogen and oxygen atoms in total. The molecule has 0 fully saturated rings. The lowest BCUT2D eigenvalue weighted by Crippen LogP contribution is -2.51. The highest BCUT2D eigenvalue weighted by molar-refractivity contribution is 7.92. The quantitative estimate of drug-likeness (QED) is 0.542. The maximum atomic E-state index is 13.3. The fourth-order valence-electron chi connectivity index (χ4n) is 2.98. The summed E-state index contributed by atoms with van der Waals surface area (Å²) in [5.74, 6) is -0.935. The fraction of sp³-hybridized carbons (Fsp3) is 0.333. The number of anilines is 1. The van der Waals surface area contributed by atoms with Crippen molar-refractivity contribution in [1.82, 2.24) is 10.2 Å². The van der Waals surface area contributed by atoms with Crippen molar-refractivity contribution in [2.75, 3.05) is 23.7 Å². The molecule has 2 aromatic carbocycles. The van der Waals surface area contributed by atoms with Crippen LogP contribution in [0.3, 0.4) is 0 Å². The monoisotopic (exact) mass is 519 g/mol. The summed E-state index contributed by atoms with van der Waals surface area (Å²) in [5, 5.41) is 3.67. The largest absolute Gasteiger partial charge is 0.355 e. The zero-order chi connectivity index (χ0) is 24.1. The number of amides is 2. The summed E-state index contributed by atoms with van der Waals surface area (Å²) < 4.78 is 25.8. The highest BCUT2D eigenvalue weighted by atomic mass is 35.5. The van der Waals surface area contributed by atoms with E-state index in [1.165, 1.54) is 17.0 Å². The summed E-state index contributed by atoms with van der Waals surface area (Å²) in [6.45, 7) is 3.24. The number of hydrogen-bond donors (Lipinski definition) is 1. The molecule has 0 heterocycles. The molecule has 0 saturated carbocycles. The lowest BCUT2D eigenvalue weighted by Gasteiger charge is -2.31. The third kappa shape index (κ3) is 7.00. The van der Waals surface area contributed by atoms with Gasteiger partial charge < -0.3 is 10.2 Å². The molecule has 2 amide bonds. The van der Waals surface area contributed by atoms with E-state index in [0.29, 0.717) is 27.2 Å². The first-order valence-corrected chi connectivity index (χ1v) is 12.7. The van der Waals surface area contributed by atoms with Crippen molar-refractivity contribution in [2.24, 2.45) is 0 Å². The predicted octanol–water partition coefficient (Wildman–Crippen LogP) is 3.97. The summed E-state index contributed by atoms with van der Waals surface area (Å²) >= 11 is 18.1. The average Bonchev–Trinajstić information content (AvgIpc) is 2.71. The van der Waals surface area contributed by atoms with Crippen molar-refractivity contribution in [2.45, 2.75) is 26.4 Å². The minimum atomic E-state index is -3.82. The van der Waals surface area contributed by atoms with Crippen LogP contribution in [0.25, 0.3) is 0 Å². The summed E-state index contributed by atoms with van der Waals surface area (Å²) in [6.07, 6.45) is 0.998. The van der Waals surface area contributed by atoms with Gasteiger partial charge in [0.15, 0.2) is 0 Å². The molecule has 1 atom stereocenters. The number of rotatable bonds is 9. The van der Waals surface area contributed by atoms with Crippen molar-refractivity contribution in [3.05, 3.63) is 63.1 Å². The molecule has 2 aromatic rings. The molecule has 0 aliphatic carbocycles. The van der Waals surface area contributed by atoms with E-state index in [1.807, 2.05) is 0 Å². The van der Waals surface area contributed by atoms with Crippen LogP contribution in [0.1, 0.15) is 19.4 Å². The first-order valence-electron chi connectivity index (χ1n) is 9.68. The number of nitrogens with one attached hydrogen (secondary N) is 1. The SMILES string of the molecule is CCNC(=O)[C@@H](C)N(Cc1ccc(Cl)c(Cl)c1)C(=O)CN(c1cccc(Cl)c1)S(C)(=O)=O. The standard InChI is InChI=1S/C21H24Cl3N3O4S/c1-4-25-21(29)14(2)26(12-15-8-9-18(23)19(24)10-15)20(28)13-27(32(3,30)31)17-7-5-6-16(22)11-17/h5-11,14H,4,12-13H2,1-3H3,(H,25,29)/t14-/m1/s1. The second-order valence-electron chi connectivity index (χ2n) is 7.09. The molecule has 1 N–H and O–H groups in total. The Morgan fingerprint density at radius 1 is 1.06 bits per heavy atom. The zero-order valence-electron chi connectivity index (χ0n) is 17.8. The number of nitrogens with zero attached hydrogens (tertiary/aromatic N) is 2. The summed E-state index contributed by atoms with van der Waals surface area (Å²) in [6, 6.07) is 10.2. The Morgan fingerprint density at radius 2 is 1.75 bits per heavy atom. The average molecular weight is 521 g/mol. The van der Waals surface area contributed by atoms with E-state index in [9.17, 15) is 18.0 Å². The van der Waals surface area contributed by atoms with Crippen LogP contribution in [0.15, 0.2) is 42.5 Å². The van der Waals surface area contributed by atoms with Crippen molar-refractivity contribution in [3.63, 3.8) is 0 Å². The molecule has 2 rings (SSSR count). The number of carbonyl (C=O) groups is 2. The maximum Gasteiger partial charge on any atom is 0.244 e. The van der Waals surface area contributed by atoms with Crippen LogP contribution < -0.4 is 9.62 Å². The van der Waals surface area contributed by atoms with Crippen molar-refractivity contribution < 1.29 is 18.0 Å². The Labute approximate surface area is 203 Å². The molecule has 32 heavy (non-hydrogen) atoms. The van der Waals surface area contributed by atoms with E-state index < -0.39 is 28.5 Å². The predicted molar refractivity (Wildman–Crippen MR) is 129 cm³/mol. The van der Waals surface area contributed by atoms with Gasteiger partial charge >= 0.3 is 0 Å². The second kappa shape index (κ2) is 11.2. The minimum absolute atomic E-state index is 0.0289. The summed E-state index contributed by atoms with van der Waals surface area (Å²) in [7, 11) is -3.82. The topological polar surface area (TPSA) is 86.8 Å². The van der Waals surface area contributed by atoms with Gasteiger partial charge in [0.05, 0.1) is 22.0 Å². The van der Waals surface area contributed by atoms with Gasteiger partial charge in [0.2, 0.25) is 21.8 Å². The van der Waals surface area contributed by atoms with E-state index in [2.05, 4.69) is 5.32 Å². The lowest BCUT2D eigenvalue weighted by atomic mass is 10.1. The smallest absolute Gasteiger partial charge is 0.244 e. The van der Waals surface area contributed by atoms with Crippen LogP contribution in [0.4, 0.5) is 5.69 Å². The normalized spacial score (nSPS) is 12.2. The number of halogens is 3. The van der Waals surface area contributed by atoms with Crippen LogP contribution in [0.2, 0.25) is 15.1 Å². The first-order chi connectivity index (χ1) is 14.9. The second-order valence-corrected chi connectivity index (χ2v) is 10.2. The van der Waals surface area contributed by atoms with Gasteiger partial charge in [0.25, 0.3) is 0 Å². The van der Waals surface area contributed by atoms with Gasteiger partial charge in [0, 0.05) is 18.1 Å². The molecule has 0 unspecified atom stereocenters. The first kappa shape index (κ1) is 26.3. The molecular weight excluding hydrogens is 497 g/mol.